The molecule has 29 heavy (non-hydrogen) atoms. The van der Waals surface area contributed by atoms with Crippen LogP contribution in [0.15, 0.2) is 42.6 Å². The van der Waals surface area contributed by atoms with Crippen LogP contribution in [0.4, 0.5) is 0 Å². The molecule has 0 aliphatic carbocycles. The third kappa shape index (κ3) is 4.70. The van der Waals surface area contributed by atoms with Gasteiger partial charge in [0, 0.05) is 23.0 Å². The van der Waals surface area contributed by atoms with Crippen LogP contribution in [-0.4, -0.2) is 33.6 Å². The average molecular weight is 431 g/mol. The van der Waals surface area contributed by atoms with Gasteiger partial charge in [0.2, 0.25) is 0 Å². The molecule has 4 rings (SSSR count). The van der Waals surface area contributed by atoms with Gasteiger partial charge < -0.3 is 20.7 Å². The van der Waals surface area contributed by atoms with Crippen LogP contribution in [0, 0.1) is 0 Å². The van der Waals surface area contributed by atoms with E-state index in [1.54, 1.807) is 12.3 Å². The van der Waals surface area contributed by atoms with Crippen LogP contribution in [0.5, 0.6) is 0 Å². The van der Waals surface area contributed by atoms with E-state index >= 15 is 0 Å². The Hall–Kier alpha value is -2.19. The molecule has 1 aliphatic heterocycles. The normalized spacial score (nSPS) is 17.8. The van der Waals surface area contributed by atoms with Crippen molar-refractivity contribution in [2.24, 2.45) is 0 Å². The predicted octanol–water partition coefficient (Wildman–Crippen LogP) is 3.90. The Bertz CT molecular complexity index is 963. The van der Waals surface area contributed by atoms with E-state index in [1.807, 2.05) is 30.3 Å². The van der Waals surface area contributed by atoms with Crippen LogP contribution in [0.3, 0.4) is 0 Å². The van der Waals surface area contributed by atoms with Gasteiger partial charge in [-0.1, -0.05) is 30.2 Å². The van der Waals surface area contributed by atoms with Crippen LogP contribution in [0.2, 0.25) is 5.02 Å². The van der Waals surface area contributed by atoms with E-state index in [4.69, 9.17) is 11.6 Å². The number of rotatable bonds is 6. The van der Waals surface area contributed by atoms with Gasteiger partial charge in [-0.05, 0) is 49.2 Å². The number of benzene rings is 1. The Morgan fingerprint density at radius 3 is 2.79 bits per heavy atom. The molecule has 1 fully saturated rings. The highest BCUT2D eigenvalue weighted by molar-refractivity contribution is 7.11. The van der Waals surface area contributed by atoms with Crippen LogP contribution in [-0.2, 0) is 6.61 Å². The van der Waals surface area contributed by atoms with Gasteiger partial charge in [-0.3, -0.25) is 4.79 Å². The summed E-state index contributed by atoms with van der Waals surface area (Å²) >= 11 is 7.39. The SMILES string of the molecule is O=C(N[C@@H](c1ncc(CO)s1)[C@@H]1CCCCN1)c1ccc(-c2ccc(Cl)cc2)[nH]1. The fraction of sp³-hybridized carbons (Fsp3) is 0.333. The van der Waals surface area contributed by atoms with Gasteiger partial charge in [-0.2, -0.15) is 0 Å². The van der Waals surface area contributed by atoms with Crippen LogP contribution in [0.25, 0.3) is 11.3 Å². The van der Waals surface area contributed by atoms with Crippen molar-refractivity contribution in [3.8, 4) is 11.3 Å². The molecule has 2 atom stereocenters. The molecule has 0 saturated carbocycles. The van der Waals surface area contributed by atoms with Crippen molar-refractivity contribution in [2.75, 3.05) is 6.54 Å². The molecule has 0 unspecified atom stereocenters. The molecule has 2 aromatic heterocycles. The number of aromatic nitrogens is 2. The van der Waals surface area contributed by atoms with E-state index < -0.39 is 0 Å². The van der Waals surface area contributed by atoms with Gasteiger partial charge in [-0.15, -0.1) is 11.3 Å². The van der Waals surface area contributed by atoms with Crippen molar-refractivity contribution in [3.63, 3.8) is 0 Å². The number of hydrogen-bond acceptors (Lipinski definition) is 5. The zero-order valence-corrected chi connectivity index (χ0v) is 17.4. The highest BCUT2D eigenvalue weighted by Crippen LogP contribution is 2.28. The average Bonchev–Trinajstić information content (AvgIpc) is 3.43. The van der Waals surface area contributed by atoms with Crippen LogP contribution >= 0.6 is 22.9 Å². The first kappa shape index (κ1) is 20.1. The number of piperidine rings is 1. The number of nitrogens with zero attached hydrogens (tertiary/aromatic N) is 1. The zero-order chi connectivity index (χ0) is 20.2. The third-order valence-electron chi connectivity index (χ3n) is 5.12. The number of nitrogens with one attached hydrogen (secondary N) is 3. The number of aromatic amines is 1. The molecule has 3 heterocycles. The largest absolute Gasteiger partial charge is 0.391 e. The van der Waals surface area contributed by atoms with Gasteiger partial charge in [-0.25, -0.2) is 4.98 Å². The highest BCUT2D eigenvalue weighted by Gasteiger charge is 2.29. The Kier molecular flexibility index (Phi) is 6.30. The van der Waals surface area contributed by atoms with Gasteiger partial charge in [0.1, 0.15) is 10.7 Å². The van der Waals surface area contributed by atoms with Gasteiger partial charge in [0.15, 0.2) is 0 Å². The maximum Gasteiger partial charge on any atom is 0.268 e. The number of aliphatic hydroxyl groups is 1. The molecule has 1 aromatic carbocycles. The van der Waals surface area contributed by atoms with E-state index in [2.05, 4.69) is 20.6 Å². The molecule has 6 nitrogen and oxygen atoms in total. The fourth-order valence-electron chi connectivity index (χ4n) is 3.58. The summed E-state index contributed by atoms with van der Waals surface area (Å²) in [5.41, 5.74) is 2.32. The maximum absolute atomic E-state index is 13.0. The van der Waals surface area contributed by atoms with Crippen LogP contribution in [0.1, 0.15) is 45.7 Å². The number of amides is 1. The fourth-order valence-corrected chi connectivity index (χ4v) is 4.60. The molecule has 1 aliphatic rings. The first-order valence-electron chi connectivity index (χ1n) is 9.68. The first-order chi connectivity index (χ1) is 14.1. The monoisotopic (exact) mass is 430 g/mol. The van der Waals surface area contributed by atoms with E-state index in [9.17, 15) is 9.90 Å². The lowest BCUT2D eigenvalue weighted by Gasteiger charge is -2.30. The summed E-state index contributed by atoms with van der Waals surface area (Å²) in [6.07, 6.45) is 4.90. The number of hydrogen-bond donors (Lipinski definition) is 4. The molecule has 152 valence electrons. The van der Waals surface area contributed by atoms with E-state index in [0.717, 1.165) is 46.9 Å². The number of carbonyl (C=O) groups excluding carboxylic acids is 1. The Morgan fingerprint density at radius 1 is 1.28 bits per heavy atom. The topological polar surface area (TPSA) is 90.0 Å². The lowest BCUT2D eigenvalue weighted by atomic mass is 9.98. The molecule has 1 saturated heterocycles. The van der Waals surface area contributed by atoms with Gasteiger partial charge >= 0.3 is 0 Å². The lowest BCUT2D eigenvalue weighted by molar-refractivity contribution is 0.0918. The maximum atomic E-state index is 13.0. The second-order valence-corrected chi connectivity index (χ2v) is 8.71. The van der Waals surface area contributed by atoms with Crippen molar-refractivity contribution >= 4 is 28.8 Å². The summed E-state index contributed by atoms with van der Waals surface area (Å²) in [4.78, 5) is 21.4. The molecule has 0 radical (unpaired) electrons. The molecular weight excluding hydrogens is 408 g/mol. The lowest BCUT2D eigenvalue weighted by Crippen LogP contribution is -2.46. The quantitative estimate of drug-likeness (QED) is 0.477. The summed E-state index contributed by atoms with van der Waals surface area (Å²) in [5.74, 6) is -0.177. The number of thiazole rings is 1. The molecular formula is C21H23ClN4O2S. The van der Waals surface area contributed by atoms with Crippen molar-refractivity contribution in [1.82, 2.24) is 20.6 Å². The standard InChI is InChI=1S/C21H23ClN4O2S/c22-14-6-4-13(5-7-14)16-8-9-18(25-16)20(28)26-19(17-3-1-2-10-23-17)21-24-11-15(12-27)29-21/h4-9,11,17,19,23,25,27H,1-3,10,12H2,(H,26,28)/t17-,19+/m0/s1. The second kappa shape index (κ2) is 9.09. The minimum Gasteiger partial charge on any atom is -0.391 e. The first-order valence-corrected chi connectivity index (χ1v) is 10.9. The molecule has 0 spiro atoms. The third-order valence-corrected chi connectivity index (χ3v) is 6.43. The summed E-state index contributed by atoms with van der Waals surface area (Å²) in [5, 5.41) is 17.5. The summed E-state index contributed by atoms with van der Waals surface area (Å²) in [7, 11) is 0. The number of carbonyl (C=O) groups is 1. The van der Waals surface area contributed by atoms with E-state index in [1.165, 1.54) is 11.3 Å². The predicted molar refractivity (Wildman–Crippen MR) is 115 cm³/mol. The Morgan fingerprint density at radius 2 is 2.10 bits per heavy atom. The van der Waals surface area contributed by atoms with Gasteiger partial charge in [0.25, 0.3) is 5.91 Å². The summed E-state index contributed by atoms with van der Waals surface area (Å²) < 4.78 is 0. The summed E-state index contributed by atoms with van der Waals surface area (Å²) in [6.45, 7) is 0.885. The van der Waals surface area contributed by atoms with Crippen molar-refractivity contribution in [3.05, 3.63) is 63.2 Å². The summed E-state index contributed by atoms with van der Waals surface area (Å²) in [6, 6.07) is 11.0. The molecule has 8 heteroatoms. The van der Waals surface area contributed by atoms with E-state index in [0.29, 0.717) is 10.7 Å². The number of aliphatic hydroxyl groups excluding tert-OH is 1. The van der Waals surface area contributed by atoms with E-state index in [-0.39, 0.29) is 24.6 Å². The molecule has 1 amide bonds. The Balaban J connectivity index is 1.53. The minimum atomic E-state index is -0.240. The second-order valence-electron chi connectivity index (χ2n) is 7.12. The molecule has 4 N–H and O–H groups in total. The minimum absolute atomic E-state index is 0.0441. The number of halogens is 1. The van der Waals surface area contributed by atoms with Gasteiger partial charge in [0.05, 0.1) is 17.5 Å². The van der Waals surface area contributed by atoms with Crippen molar-refractivity contribution in [1.29, 1.82) is 0 Å². The number of H-pyrrole nitrogens is 1. The van der Waals surface area contributed by atoms with Crippen molar-refractivity contribution < 1.29 is 9.90 Å². The molecule has 0 bridgehead atoms. The highest BCUT2D eigenvalue weighted by atomic mass is 35.5. The van der Waals surface area contributed by atoms with Crippen molar-refractivity contribution in [2.45, 2.75) is 38.0 Å². The smallest absolute Gasteiger partial charge is 0.268 e. The van der Waals surface area contributed by atoms with Crippen LogP contribution < -0.4 is 10.6 Å². The molecule has 3 aromatic rings. The zero-order valence-electron chi connectivity index (χ0n) is 15.8. The Labute approximate surface area is 178 Å².